The van der Waals surface area contributed by atoms with Crippen LogP contribution in [-0.4, -0.2) is 28.5 Å². The number of ether oxygens (including phenoxy) is 1. The van der Waals surface area contributed by atoms with E-state index in [1.807, 2.05) is 6.92 Å². The lowest BCUT2D eigenvalue weighted by atomic mass is 9.99. The van der Waals surface area contributed by atoms with Gasteiger partial charge in [0, 0.05) is 5.56 Å². The molecule has 0 aliphatic carbocycles. The third kappa shape index (κ3) is 3.61. The molecule has 4 rings (SSSR count). The second kappa shape index (κ2) is 8.43. The lowest BCUT2D eigenvalue weighted by Gasteiger charge is -2.24. The first-order chi connectivity index (χ1) is 15.3. The van der Waals surface area contributed by atoms with Gasteiger partial charge in [0.2, 0.25) is 0 Å². The van der Waals surface area contributed by atoms with E-state index in [1.165, 1.54) is 24.5 Å². The highest BCUT2D eigenvalue weighted by Crippen LogP contribution is 2.45. The number of aryl methyl sites for hydroxylation is 1. The van der Waals surface area contributed by atoms with Crippen LogP contribution in [0.3, 0.4) is 0 Å². The van der Waals surface area contributed by atoms with Crippen LogP contribution < -0.4 is 9.64 Å². The Kier molecular flexibility index (Phi) is 5.67. The van der Waals surface area contributed by atoms with Gasteiger partial charge in [-0.2, -0.15) is 0 Å². The molecule has 2 N–H and O–H groups in total. The molecule has 2 aromatic carbocycles. The fourth-order valence-corrected chi connectivity index (χ4v) is 3.92. The summed E-state index contributed by atoms with van der Waals surface area (Å²) >= 11 is 6.30. The molecule has 1 fully saturated rings. The van der Waals surface area contributed by atoms with Gasteiger partial charge < -0.3 is 19.4 Å². The zero-order chi connectivity index (χ0) is 23.0. The van der Waals surface area contributed by atoms with Crippen molar-refractivity contribution in [1.82, 2.24) is 0 Å². The van der Waals surface area contributed by atoms with Crippen molar-refractivity contribution in [2.45, 2.75) is 19.9 Å². The molecule has 7 nitrogen and oxygen atoms in total. The average Bonchev–Trinajstić information content (AvgIpc) is 3.38. The van der Waals surface area contributed by atoms with Gasteiger partial charge in [-0.25, -0.2) is 0 Å². The molecule has 1 aromatic heterocycles. The predicted molar refractivity (Wildman–Crippen MR) is 119 cm³/mol. The molecule has 32 heavy (non-hydrogen) atoms. The molecule has 1 amide bonds. The van der Waals surface area contributed by atoms with Gasteiger partial charge >= 0.3 is 0 Å². The Morgan fingerprint density at radius 3 is 2.66 bits per heavy atom. The van der Waals surface area contributed by atoms with Crippen molar-refractivity contribution in [1.29, 1.82) is 0 Å². The summed E-state index contributed by atoms with van der Waals surface area (Å²) in [6, 6.07) is 11.4. The first kappa shape index (κ1) is 21.5. The molecule has 0 bridgehead atoms. The molecule has 3 aromatic rings. The lowest BCUT2D eigenvalue weighted by molar-refractivity contribution is -0.132. The summed E-state index contributed by atoms with van der Waals surface area (Å²) in [6.45, 7) is 4.00. The fraction of sp³-hybridized carbons (Fsp3) is 0.167. The van der Waals surface area contributed by atoms with Crippen molar-refractivity contribution >= 4 is 34.7 Å². The number of rotatable bonds is 5. The quantitative estimate of drug-likeness (QED) is 0.321. The first-order valence-electron chi connectivity index (χ1n) is 9.90. The Labute approximate surface area is 189 Å². The molecule has 0 radical (unpaired) electrons. The van der Waals surface area contributed by atoms with E-state index in [2.05, 4.69) is 0 Å². The standard InChI is InChI=1S/C24H20ClNO6/c1-3-31-14-7-8-16(25)15(12-14)22(28)20-21(19-5-4-10-32-19)26(24(30)23(20)29)17-11-13(2)6-9-18(17)27/h4-12,21,27-28H,3H2,1-2H3/b22-20-. The highest BCUT2D eigenvalue weighted by molar-refractivity contribution is 6.52. The molecule has 164 valence electrons. The van der Waals surface area contributed by atoms with Crippen molar-refractivity contribution in [3.63, 3.8) is 0 Å². The maximum Gasteiger partial charge on any atom is 0.300 e. The molecule has 0 saturated carbocycles. The third-order valence-electron chi connectivity index (χ3n) is 5.15. The predicted octanol–water partition coefficient (Wildman–Crippen LogP) is 4.97. The summed E-state index contributed by atoms with van der Waals surface area (Å²) < 4.78 is 11.0. The van der Waals surface area contributed by atoms with E-state index in [-0.39, 0.29) is 33.4 Å². The molecule has 2 heterocycles. The van der Waals surface area contributed by atoms with Crippen LogP contribution in [0.2, 0.25) is 5.02 Å². The minimum atomic E-state index is -1.11. The van der Waals surface area contributed by atoms with Crippen molar-refractivity contribution in [2.24, 2.45) is 0 Å². The summed E-state index contributed by atoms with van der Waals surface area (Å²) in [5.41, 5.74) is 0.828. The number of Topliss-reactive ketones (excluding diaryl/α,β-unsaturated/α-hetero) is 1. The molecule has 1 atom stereocenters. The smallest absolute Gasteiger partial charge is 0.300 e. The van der Waals surface area contributed by atoms with Gasteiger partial charge in [-0.1, -0.05) is 17.7 Å². The zero-order valence-corrected chi connectivity index (χ0v) is 18.1. The lowest BCUT2D eigenvalue weighted by Crippen LogP contribution is -2.29. The van der Waals surface area contributed by atoms with Crippen LogP contribution in [0.4, 0.5) is 5.69 Å². The van der Waals surface area contributed by atoms with Gasteiger partial charge in [-0.15, -0.1) is 0 Å². The monoisotopic (exact) mass is 453 g/mol. The average molecular weight is 454 g/mol. The number of hydrogen-bond acceptors (Lipinski definition) is 6. The summed E-state index contributed by atoms with van der Waals surface area (Å²) in [4.78, 5) is 27.3. The van der Waals surface area contributed by atoms with Crippen molar-refractivity contribution in [3.8, 4) is 11.5 Å². The Bertz CT molecular complexity index is 1230. The van der Waals surface area contributed by atoms with E-state index in [0.717, 1.165) is 10.5 Å². The van der Waals surface area contributed by atoms with E-state index in [9.17, 15) is 19.8 Å². The largest absolute Gasteiger partial charge is 0.507 e. The molecule has 1 aliphatic heterocycles. The summed E-state index contributed by atoms with van der Waals surface area (Å²) in [7, 11) is 0. The number of halogens is 1. The van der Waals surface area contributed by atoms with E-state index in [4.69, 9.17) is 20.8 Å². The molecule has 1 aliphatic rings. The topological polar surface area (TPSA) is 100 Å². The van der Waals surface area contributed by atoms with Gasteiger partial charge in [-0.05, 0) is 61.9 Å². The van der Waals surface area contributed by atoms with Crippen LogP contribution in [0.15, 0.2) is 64.8 Å². The van der Waals surface area contributed by atoms with Crippen LogP contribution in [0.1, 0.15) is 29.9 Å². The number of aromatic hydroxyl groups is 1. The highest BCUT2D eigenvalue weighted by atomic mass is 35.5. The van der Waals surface area contributed by atoms with Crippen molar-refractivity contribution in [2.75, 3.05) is 11.5 Å². The van der Waals surface area contributed by atoms with E-state index in [0.29, 0.717) is 12.4 Å². The summed E-state index contributed by atoms with van der Waals surface area (Å²) in [5.74, 6) is -1.81. The van der Waals surface area contributed by atoms with E-state index < -0.39 is 23.5 Å². The minimum absolute atomic E-state index is 0.127. The van der Waals surface area contributed by atoms with Gasteiger partial charge in [0.1, 0.15) is 29.1 Å². The normalized spacial score (nSPS) is 17.7. The Balaban J connectivity index is 1.96. The number of nitrogens with zero attached hydrogens (tertiary/aromatic N) is 1. The van der Waals surface area contributed by atoms with Crippen molar-refractivity contribution in [3.05, 3.63) is 82.3 Å². The Hall–Kier alpha value is -3.71. The number of phenolic OH excluding ortho intramolecular Hbond substituents is 1. The van der Waals surface area contributed by atoms with Crippen LogP contribution >= 0.6 is 11.6 Å². The number of phenols is 1. The highest BCUT2D eigenvalue weighted by Gasteiger charge is 2.49. The van der Waals surface area contributed by atoms with Gasteiger partial charge in [0.05, 0.1) is 29.2 Å². The number of carbonyl (C=O) groups excluding carboxylic acids is 2. The number of aliphatic hydroxyl groups excluding tert-OH is 1. The SMILES string of the molecule is CCOc1ccc(Cl)c(/C(O)=C2/C(=O)C(=O)N(c3cc(C)ccc3O)C2c2ccco2)c1. The number of benzene rings is 2. The van der Waals surface area contributed by atoms with Crippen LogP contribution in [0.5, 0.6) is 11.5 Å². The number of ketones is 1. The number of carbonyl (C=O) groups is 2. The Morgan fingerprint density at radius 2 is 1.97 bits per heavy atom. The summed E-state index contributed by atoms with van der Waals surface area (Å²) in [6.07, 6.45) is 1.40. The number of hydrogen-bond donors (Lipinski definition) is 2. The fourth-order valence-electron chi connectivity index (χ4n) is 3.71. The van der Waals surface area contributed by atoms with E-state index >= 15 is 0 Å². The van der Waals surface area contributed by atoms with Gasteiger partial charge in [0.15, 0.2) is 0 Å². The molecular weight excluding hydrogens is 434 g/mol. The molecule has 1 saturated heterocycles. The van der Waals surface area contributed by atoms with Crippen LogP contribution in [-0.2, 0) is 9.59 Å². The first-order valence-corrected chi connectivity index (χ1v) is 10.3. The molecule has 0 spiro atoms. The zero-order valence-electron chi connectivity index (χ0n) is 17.3. The van der Waals surface area contributed by atoms with Crippen molar-refractivity contribution < 1.29 is 29.0 Å². The number of furan rings is 1. The Morgan fingerprint density at radius 1 is 1.19 bits per heavy atom. The third-order valence-corrected chi connectivity index (χ3v) is 5.48. The minimum Gasteiger partial charge on any atom is -0.507 e. The summed E-state index contributed by atoms with van der Waals surface area (Å²) in [5, 5.41) is 21.8. The maximum absolute atomic E-state index is 13.1. The number of aliphatic hydroxyl groups is 1. The number of amides is 1. The van der Waals surface area contributed by atoms with Gasteiger partial charge in [-0.3, -0.25) is 14.5 Å². The number of anilines is 1. The second-order valence-electron chi connectivity index (χ2n) is 7.25. The van der Waals surface area contributed by atoms with E-state index in [1.54, 1.807) is 37.3 Å². The van der Waals surface area contributed by atoms with Crippen LogP contribution in [0, 0.1) is 6.92 Å². The maximum atomic E-state index is 13.1. The molecule has 8 heteroatoms. The van der Waals surface area contributed by atoms with Gasteiger partial charge in [0.25, 0.3) is 11.7 Å². The molecular formula is C24H20ClNO6. The van der Waals surface area contributed by atoms with Crippen LogP contribution in [0.25, 0.3) is 5.76 Å². The second-order valence-corrected chi connectivity index (χ2v) is 7.66. The molecule has 1 unspecified atom stereocenters.